The van der Waals surface area contributed by atoms with Gasteiger partial charge in [0, 0.05) is 12.6 Å². The highest BCUT2D eigenvalue weighted by Gasteiger charge is 2.38. The lowest BCUT2D eigenvalue weighted by Crippen LogP contribution is -2.38. The van der Waals surface area contributed by atoms with Crippen molar-refractivity contribution in [3.8, 4) is 0 Å². The summed E-state index contributed by atoms with van der Waals surface area (Å²) in [6.07, 6.45) is 2.70. The number of sulfonamides is 1. The quantitative estimate of drug-likeness (QED) is 0.538. The first-order valence-corrected chi connectivity index (χ1v) is 5.97. The van der Waals surface area contributed by atoms with Crippen LogP contribution < -0.4 is 10.0 Å². The lowest BCUT2D eigenvalue weighted by molar-refractivity contribution is 0.538. The molecule has 2 unspecified atom stereocenters. The molecule has 70 valence electrons. The molecule has 2 fully saturated rings. The van der Waals surface area contributed by atoms with Crippen LogP contribution in [0.4, 0.5) is 0 Å². The van der Waals surface area contributed by atoms with Crippen molar-refractivity contribution in [1.82, 2.24) is 10.0 Å². The first-order chi connectivity index (χ1) is 5.70. The maximum absolute atomic E-state index is 11.5. The molecule has 4 nitrogen and oxygen atoms in total. The molecule has 0 bridgehead atoms. The number of rotatable bonds is 0. The topological polar surface area (TPSA) is 58.2 Å². The summed E-state index contributed by atoms with van der Waals surface area (Å²) < 4.78 is 25.7. The molecule has 2 N–H and O–H groups in total. The summed E-state index contributed by atoms with van der Waals surface area (Å²) in [6.45, 7) is 1.45. The smallest absolute Gasteiger partial charge is 0.216 e. The van der Waals surface area contributed by atoms with E-state index in [1.165, 1.54) is 0 Å². The molecule has 2 rings (SSSR count). The van der Waals surface area contributed by atoms with E-state index >= 15 is 0 Å². The van der Waals surface area contributed by atoms with E-state index in [-0.39, 0.29) is 11.3 Å². The summed E-state index contributed by atoms with van der Waals surface area (Å²) in [5.74, 6) is 0. The van der Waals surface area contributed by atoms with Gasteiger partial charge in [-0.05, 0) is 25.8 Å². The van der Waals surface area contributed by atoms with E-state index in [0.717, 1.165) is 25.8 Å². The summed E-state index contributed by atoms with van der Waals surface area (Å²) in [5.41, 5.74) is 0. The van der Waals surface area contributed by atoms with Gasteiger partial charge < -0.3 is 5.32 Å². The molecule has 2 heterocycles. The number of hydrogen-bond acceptors (Lipinski definition) is 3. The summed E-state index contributed by atoms with van der Waals surface area (Å²) in [7, 11) is -3.01. The molecule has 2 aliphatic heterocycles. The fraction of sp³-hybridized carbons (Fsp3) is 1.00. The molecular weight excluding hydrogens is 176 g/mol. The van der Waals surface area contributed by atoms with Crippen molar-refractivity contribution < 1.29 is 8.42 Å². The first-order valence-electron chi connectivity index (χ1n) is 4.42. The third kappa shape index (κ3) is 1.36. The Labute approximate surface area is 72.8 Å². The van der Waals surface area contributed by atoms with Gasteiger partial charge in [-0.3, -0.25) is 0 Å². The zero-order valence-corrected chi connectivity index (χ0v) is 7.73. The van der Waals surface area contributed by atoms with Crippen LogP contribution in [0.5, 0.6) is 0 Å². The second-order valence-electron chi connectivity index (χ2n) is 3.47. The molecule has 0 aromatic carbocycles. The molecule has 2 atom stereocenters. The van der Waals surface area contributed by atoms with Crippen LogP contribution in [0, 0.1) is 0 Å². The number of fused-ring (bicyclic) bond motifs is 1. The average Bonchev–Trinajstić information content (AvgIpc) is 2.42. The van der Waals surface area contributed by atoms with E-state index in [4.69, 9.17) is 0 Å². The Kier molecular flexibility index (Phi) is 2.10. The number of hydrogen-bond donors (Lipinski definition) is 2. The Hall–Kier alpha value is -0.130. The van der Waals surface area contributed by atoms with Gasteiger partial charge in [0.1, 0.15) is 0 Å². The Morgan fingerprint density at radius 2 is 2.00 bits per heavy atom. The van der Waals surface area contributed by atoms with Crippen LogP contribution >= 0.6 is 0 Å². The van der Waals surface area contributed by atoms with Crippen molar-refractivity contribution in [2.24, 2.45) is 0 Å². The Morgan fingerprint density at radius 3 is 2.83 bits per heavy atom. The van der Waals surface area contributed by atoms with Gasteiger partial charge in [-0.1, -0.05) is 0 Å². The van der Waals surface area contributed by atoms with Crippen LogP contribution in [0.25, 0.3) is 0 Å². The van der Waals surface area contributed by atoms with Crippen molar-refractivity contribution in [3.63, 3.8) is 0 Å². The van der Waals surface area contributed by atoms with Gasteiger partial charge in [0.15, 0.2) is 0 Å². The molecule has 0 aromatic heterocycles. The Balaban J connectivity index is 2.25. The van der Waals surface area contributed by atoms with Crippen LogP contribution in [0.2, 0.25) is 0 Å². The Morgan fingerprint density at radius 1 is 1.17 bits per heavy atom. The Bertz CT molecular complexity index is 263. The first kappa shape index (κ1) is 8.47. The maximum Gasteiger partial charge on any atom is 0.216 e. The summed E-state index contributed by atoms with van der Waals surface area (Å²) in [6, 6.07) is 0.199. The SMILES string of the molecule is O=S1(=O)NCCCC2NCCC21. The van der Waals surface area contributed by atoms with Crippen molar-refractivity contribution in [1.29, 1.82) is 0 Å². The van der Waals surface area contributed by atoms with Crippen LogP contribution in [-0.4, -0.2) is 32.8 Å². The summed E-state index contributed by atoms with van der Waals surface area (Å²) in [5, 5.41) is 3.05. The van der Waals surface area contributed by atoms with Gasteiger partial charge in [0.25, 0.3) is 0 Å². The van der Waals surface area contributed by atoms with E-state index in [0.29, 0.717) is 6.54 Å². The highest BCUT2D eigenvalue weighted by molar-refractivity contribution is 7.90. The third-order valence-electron chi connectivity index (χ3n) is 2.68. The summed E-state index contributed by atoms with van der Waals surface area (Å²) in [4.78, 5) is 0. The van der Waals surface area contributed by atoms with Crippen LogP contribution in [-0.2, 0) is 10.0 Å². The van der Waals surface area contributed by atoms with Crippen molar-refractivity contribution in [2.45, 2.75) is 30.6 Å². The fourth-order valence-corrected chi connectivity index (χ4v) is 3.78. The molecule has 5 heteroatoms. The molecule has 2 saturated heterocycles. The van der Waals surface area contributed by atoms with Crippen molar-refractivity contribution in [2.75, 3.05) is 13.1 Å². The zero-order valence-electron chi connectivity index (χ0n) is 6.91. The van der Waals surface area contributed by atoms with E-state index in [2.05, 4.69) is 10.0 Å². The molecule has 0 spiro atoms. The average molecular weight is 190 g/mol. The monoisotopic (exact) mass is 190 g/mol. The second kappa shape index (κ2) is 2.97. The normalized spacial score (nSPS) is 40.3. The minimum Gasteiger partial charge on any atom is -0.313 e. The molecule has 0 aromatic rings. The van der Waals surface area contributed by atoms with Gasteiger partial charge in [0.05, 0.1) is 5.25 Å². The molecule has 0 aliphatic carbocycles. The largest absolute Gasteiger partial charge is 0.313 e. The minimum absolute atomic E-state index is 0.181. The lowest BCUT2D eigenvalue weighted by Gasteiger charge is -2.14. The molecule has 0 radical (unpaired) electrons. The van der Waals surface area contributed by atoms with Gasteiger partial charge in [-0.25, -0.2) is 13.1 Å². The van der Waals surface area contributed by atoms with Gasteiger partial charge >= 0.3 is 0 Å². The zero-order chi connectivity index (χ0) is 8.60. The lowest BCUT2D eigenvalue weighted by atomic mass is 10.1. The third-order valence-corrected chi connectivity index (χ3v) is 4.65. The summed E-state index contributed by atoms with van der Waals surface area (Å²) >= 11 is 0. The van der Waals surface area contributed by atoms with E-state index < -0.39 is 10.0 Å². The molecular formula is C7H14N2O2S. The van der Waals surface area contributed by atoms with Gasteiger partial charge in [0.2, 0.25) is 10.0 Å². The van der Waals surface area contributed by atoms with Crippen LogP contribution in [0.15, 0.2) is 0 Å². The highest BCUT2D eigenvalue weighted by atomic mass is 32.2. The van der Waals surface area contributed by atoms with Gasteiger partial charge in [-0.15, -0.1) is 0 Å². The predicted molar refractivity (Wildman–Crippen MR) is 46.4 cm³/mol. The molecule has 0 saturated carbocycles. The molecule has 0 amide bonds. The number of nitrogens with one attached hydrogen (secondary N) is 2. The van der Waals surface area contributed by atoms with Crippen LogP contribution in [0.1, 0.15) is 19.3 Å². The minimum atomic E-state index is -3.01. The maximum atomic E-state index is 11.5. The fourth-order valence-electron chi connectivity index (χ4n) is 2.05. The molecule has 2 aliphatic rings. The van der Waals surface area contributed by atoms with E-state index in [1.54, 1.807) is 0 Å². The van der Waals surface area contributed by atoms with Crippen LogP contribution in [0.3, 0.4) is 0 Å². The van der Waals surface area contributed by atoms with Crippen molar-refractivity contribution in [3.05, 3.63) is 0 Å². The second-order valence-corrected chi connectivity index (χ2v) is 5.45. The van der Waals surface area contributed by atoms with E-state index in [1.807, 2.05) is 0 Å². The highest BCUT2D eigenvalue weighted by Crippen LogP contribution is 2.21. The predicted octanol–water partition coefficient (Wildman–Crippen LogP) is -0.570. The van der Waals surface area contributed by atoms with Gasteiger partial charge in [-0.2, -0.15) is 0 Å². The van der Waals surface area contributed by atoms with E-state index in [9.17, 15) is 8.42 Å². The van der Waals surface area contributed by atoms with Crippen molar-refractivity contribution >= 4 is 10.0 Å². The molecule has 12 heavy (non-hydrogen) atoms. The standard InChI is InChI=1S/C7H14N2O2S/c10-12(11)7-3-5-8-6(7)2-1-4-9-12/h6-9H,1-5H2.